The van der Waals surface area contributed by atoms with Gasteiger partial charge >= 0.3 is 6.16 Å². The normalized spacial score (nSPS) is 9.64. The van der Waals surface area contributed by atoms with Crippen molar-refractivity contribution in [3.05, 3.63) is 10.3 Å². The van der Waals surface area contributed by atoms with Crippen LogP contribution in [0.1, 0.15) is 0 Å². The standard InChI is InChI=1S/C6H5Cl2N3O3/c1-13-6(12)14-5-4(9)10-2(7)3(8)11-5/h1H3,(H2,9,10). The molecular formula is C6H5Cl2N3O3. The van der Waals surface area contributed by atoms with E-state index in [1.165, 1.54) is 0 Å². The van der Waals surface area contributed by atoms with Crippen molar-refractivity contribution in [2.45, 2.75) is 0 Å². The Kier molecular flexibility index (Phi) is 3.32. The van der Waals surface area contributed by atoms with Crippen LogP contribution in [0.25, 0.3) is 0 Å². The maximum Gasteiger partial charge on any atom is 0.515 e. The maximum atomic E-state index is 10.7. The quantitative estimate of drug-likeness (QED) is 0.746. The lowest BCUT2D eigenvalue weighted by Crippen LogP contribution is -2.11. The molecule has 0 radical (unpaired) electrons. The lowest BCUT2D eigenvalue weighted by molar-refractivity contribution is 0.120. The Morgan fingerprint density at radius 2 is 1.93 bits per heavy atom. The maximum absolute atomic E-state index is 10.7. The van der Waals surface area contributed by atoms with Crippen LogP contribution in [0.15, 0.2) is 0 Å². The van der Waals surface area contributed by atoms with Crippen LogP contribution in [0.5, 0.6) is 5.88 Å². The average molecular weight is 238 g/mol. The fraction of sp³-hybridized carbons (Fsp3) is 0.167. The minimum Gasteiger partial charge on any atom is -0.437 e. The molecule has 0 fully saturated rings. The highest BCUT2D eigenvalue weighted by Gasteiger charge is 2.13. The topological polar surface area (TPSA) is 87.3 Å². The summed E-state index contributed by atoms with van der Waals surface area (Å²) < 4.78 is 8.75. The van der Waals surface area contributed by atoms with Crippen LogP contribution in [0, 0.1) is 0 Å². The molecule has 0 amide bonds. The molecule has 0 aromatic carbocycles. The lowest BCUT2D eigenvalue weighted by Gasteiger charge is -2.04. The molecule has 6 nitrogen and oxygen atoms in total. The Morgan fingerprint density at radius 1 is 1.36 bits per heavy atom. The molecule has 8 heteroatoms. The molecule has 1 aromatic rings. The SMILES string of the molecule is COC(=O)Oc1nc(Cl)c(Cl)nc1N. The molecule has 0 unspecified atom stereocenters. The second kappa shape index (κ2) is 4.30. The van der Waals surface area contributed by atoms with Gasteiger partial charge in [0.2, 0.25) is 0 Å². The van der Waals surface area contributed by atoms with Crippen molar-refractivity contribution in [3.63, 3.8) is 0 Å². The van der Waals surface area contributed by atoms with E-state index < -0.39 is 6.16 Å². The van der Waals surface area contributed by atoms with Gasteiger partial charge in [-0.1, -0.05) is 23.2 Å². The molecule has 2 N–H and O–H groups in total. The Hall–Kier alpha value is -1.27. The van der Waals surface area contributed by atoms with Gasteiger partial charge in [-0.15, -0.1) is 0 Å². The van der Waals surface area contributed by atoms with Crippen LogP contribution in [0.3, 0.4) is 0 Å². The predicted molar refractivity (Wildman–Crippen MR) is 49.5 cm³/mol. The zero-order valence-electron chi connectivity index (χ0n) is 6.95. The van der Waals surface area contributed by atoms with E-state index in [0.717, 1.165) is 7.11 Å². The summed E-state index contributed by atoms with van der Waals surface area (Å²) in [6.07, 6.45) is -0.968. The number of hydrogen-bond acceptors (Lipinski definition) is 6. The number of carbonyl (C=O) groups excluding carboxylic acids is 1. The number of nitrogens with two attached hydrogens (primary N) is 1. The summed E-state index contributed by atoms with van der Waals surface area (Å²) in [5.74, 6) is -0.393. The number of rotatable bonds is 1. The van der Waals surface area contributed by atoms with Crippen molar-refractivity contribution in [1.29, 1.82) is 0 Å². The number of aromatic nitrogens is 2. The van der Waals surface area contributed by atoms with E-state index in [1.54, 1.807) is 0 Å². The molecule has 14 heavy (non-hydrogen) atoms. The van der Waals surface area contributed by atoms with E-state index in [2.05, 4.69) is 19.4 Å². The van der Waals surface area contributed by atoms with E-state index in [1.807, 2.05) is 0 Å². The van der Waals surface area contributed by atoms with Crippen molar-refractivity contribution in [2.75, 3.05) is 12.8 Å². The molecule has 0 saturated carbocycles. The number of carbonyl (C=O) groups is 1. The highest BCUT2D eigenvalue weighted by Crippen LogP contribution is 2.24. The van der Waals surface area contributed by atoms with Crippen molar-refractivity contribution in [2.24, 2.45) is 0 Å². The van der Waals surface area contributed by atoms with Crippen molar-refractivity contribution in [1.82, 2.24) is 9.97 Å². The summed E-state index contributed by atoms with van der Waals surface area (Å²) in [5, 5.41) is -0.179. The first-order chi connectivity index (χ1) is 6.54. The number of halogens is 2. The molecule has 1 rings (SSSR count). The first kappa shape index (κ1) is 10.8. The van der Waals surface area contributed by atoms with Gasteiger partial charge in [0, 0.05) is 0 Å². The van der Waals surface area contributed by atoms with Gasteiger partial charge < -0.3 is 15.2 Å². The first-order valence-corrected chi connectivity index (χ1v) is 4.04. The van der Waals surface area contributed by atoms with Crippen molar-refractivity contribution < 1.29 is 14.3 Å². The summed E-state index contributed by atoms with van der Waals surface area (Å²) in [4.78, 5) is 17.8. The number of anilines is 1. The van der Waals surface area contributed by atoms with Gasteiger partial charge in [0.05, 0.1) is 7.11 Å². The molecule has 1 aromatic heterocycles. The number of methoxy groups -OCH3 is 1. The first-order valence-electron chi connectivity index (χ1n) is 3.29. The largest absolute Gasteiger partial charge is 0.515 e. The molecule has 0 bridgehead atoms. The van der Waals surface area contributed by atoms with Crippen LogP contribution >= 0.6 is 23.2 Å². The molecule has 1 heterocycles. The number of nitrogen functional groups attached to an aromatic ring is 1. The summed E-state index contributed by atoms with van der Waals surface area (Å²) >= 11 is 11.0. The van der Waals surface area contributed by atoms with Crippen LogP contribution in [-0.4, -0.2) is 23.2 Å². The van der Waals surface area contributed by atoms with Gasteiger partial charge in [-0.2, -0.15) is 4.98 Å². The monoisotopic (exact) mass is 237 g/mol. The zero-order valence-corrected chi connectivity index (χ0v) is 8.46. The van der Waals surface area contributed by atoms with Crippen LogP contribution in [0.4, 0.5) is 10.6 Å². The van der Waals surface area contributed by atoms with Gasteiger partial charge in [-0.05, 0) is 0 Å². The van der Waals surface area contributed by atoms with Crippen LogP contribution in [0.2, 0.25) is 10.3 Å². The van der Waals surface area contributed by atoms with Crippen molar-refractivity contribution >= 4 is 35.2 Å². The lowest BCUT2D eigenvalue weighted by atomic mass is 10.6. The Bertz CT molecular complexity index is 372. The van der Waals surface area contributed by atoms with Gasteiger partial charge in [-0.25, -0.2) is 9.78 Å². The molecule has 0 saturated heterocycles. The van der Waals surface area contributed by atoms with Crippen LogP contribution in [-0.2, 0) is 4.74 Å². The van der Waals surface area contributed by atoms with E-state index in [4.69, 9.17) is 28.9 Å². The molecule has 0 aliphatic rings. The van der Waals surface area contributed by atoms with Gasteiger partial charge in [0.1, 0.15) is 0 Å². The summed E-state index contributed by atoms with van der Waals surface area (Å²) in [5.41, 5.74) is 5.34. The Morgan fingerprint density at radius 3 is 2.50 bits per heavy atom. The van der Waals surface area contributed by atoms with Gasteiger partial charge in [0.15, 0.2) is 16.1 Å². The number of nitrogens with zero attached hydrogens (tertiary/aromatic N) is 2. The number of hydrogen-bond donors (Lipinski definition) is 1. The fourth-order valence-electron chi connectivity index (χ4n) is 0.588. The minimum absolute atomic E-state index is 0.0682. The van der Waals surface area contributed by atoms with E-state index >= 15 is 0 Å². The Labute approximate surface area is 88.9 Å². The highest BCUT2D eigenvalue weighted by atomic mass is 35.5. The zero-order chi connectivity index (χ0) is 10.7. The van der Waals surface area contributed by atoms with Crippen molar-refractivity contribution in [3.8, 4) is 5.88 Å². The summed E-state index contributed by atoms with van der Waals surface area (Å²) in [6, 6.07) is 0. The fourth-order valence-corrected chi connectivity index (χ4v) is 0.840. The smallest absolute Gasteiger partial charge is 0.437 e. The molecule has 0 spiro atoms. The highest BCUT2D eigenvalue weighted by molar-refractivity contribution is 6.40. The van der Waals surface area contributed by atoms with E-state index in [9.17, 15) is 4.79 Å². The van der Waals surface area contributed by atoms with E-state index in [-0.39, 0.29) is 22.0 Å². The second-order valence-corrected chi connectivity index (χ2v) is 2.77. The average Bonchev–Trinajstić information content (AvgIpc) is 2.14. The number of ether oxygens (including phenoxy) is 2. The summed E-state index contributed by atoms with van der Waals surface area (Å²) in [6.45, 7) is 0. The minimum atomic E-state index is -0.968. The molecule has 76 valence electrons. The third kappa shape index (κ3) is 2.36. The predicted octanol–water partition coefficient (Wildman–Crippen LogP) is 1.51. The third-order valence-corrected chi connectivity index (χ3v) is 1.78. The van der Waals surface area contributed by atoms with E-state index in [0.29, 0.717) is 0 Å². The van der Waals surface area contributed by atoms with Crippen LogP contribution < -0.4 is 10.5 Å². The van der Waals surface area contributed by atoms with Gasteiger partial charge in [-0.3, -0.25) is 0 Å². The summed E-state index contributed by atoms with van der Waals surface area (Å²) in [7, 11) is 1.14. The second-order valence-electron chi connectivity index (χ2n) is 2.05. The Balaban J connectivity index is 2.98. The van der Waals surface area contributed by atoms with Gasteiger partial charge in [0.25, 0.3) is 5.88 Å². The molecule has 0 aliphatic heterocycles. The third-order valence-electron chi connectivity index (χ3n) is 1.15. The molecule has 0 aliphatic carbocycles. The molecule has 0 atom stereocenters. The molecular weight excluding hydrogens is 233 g/mol.